The second-order valence-electron chi connectivity index (χ2n) is 4.64. The highest BCUT2D eigenvalue weighted by molar-refractivity contribution is 6.42. The number of carbonyl (C=O) groups excluding carboxylic acids is 2. The van der Waals surface area contributed by atoms with E-state index in [1.807, 2.05) is 6.92 Å². The molecule has 0 saturated heterocycles. The van der Waals surface area contributed by atoms with Gasteiger partial charge in [0.25, 0.3) is 0 Å². The Morgan fingerprint density at radius 2 is 2.05 bits per heavy atom. The van der Waals surface area contributed by atoms with Crippen molar-refractivity contribution in [2.45, 2.75) is 19.8 Å². The van der Waals surface area contributed by atoms with E-state index < -0.39 is 0 Å². The number of amides is 2. The van der Waals surface area contributed by atoms with E-state index in [1.165, 1.54) is 4.90 Å². The van der Waals surface area contributed by atoms with E-state index in [4.69, 9.17) is 27.9 Å². The van der Waals surface area contributed by atoms with Crippen molar-refractivity contribution in [3.63, 3.8) is 0 Å². The second-order valence-corrected chi connectivity index (χ2v) is 5.42. The summed E-state index contributed by atoms with van der Waals surface area (Å²) in [5, 5.41) is 3.24. The molecule has 0 bridgehead atoms. The van der Waals surface area contributed by atoms with E-state index >= 15 is 0 Å². The first kappa shape index (κ1) is 18.6. The van der Waals surface area contributed by atoms with Crippen molar-refractivity contribution in [3.05, 3.63) is 28.2 Å². The van der Waals surface area contributed by atoms with Crippen LogP contribution in [0.4, 0.5) is 0 Å². The van der Waals surface area contributed by atoms with E-state index in [-0.39, 0.29) is 31.4 Å². The summed E-state index contributed by atoms with van der Waals surface area (Å²) >= 11 is 11.9. The van der Waals surface area contributed by atoms with Gasteiger partial charge in [0.15, 0.2) is 0 Å². The molecule has 0 fully saturated rings. The summed E-state index contributed by atoms with van der Waals surface area (Å²) in [6.45, 7) is 2.71. The minimum atomic E-state index is -0.194. The maximum atomic E-state index is 12.1. The zero-order valence-corrected chi connectivity index (χ0v) is 14.2. The number of carbonyl (C=O) groups is 2. The molecule has 122 valence electrons. The fourth-order valence-corrected chi connectivity index (χ4v) is 2.16. The van der Waals surface area contributed by atoms with E-state index in [9.17, 15) is 9.59 Å². The standard InChI is InChI=1S/C15H20Cl2N2O3/c1-3-8-19(10-13(20)18-2)14(21)7-9-22-12-6-4-5-11(16)15(12)17/h4-6H,3,7-10H2,1-2H3,(H,18,20). The van der Waals surface area contributed by atoms with Crippen LogP contribution in [0.25, 0.3) is 0 Å². The average molecular weight is 347 g/mol. The molecule has 1 aromatic rings. The summed E-state index contributed by atoms with van der Waals surface area (Å²) in [4.78, 5) is 25.1. The summed E-state index contributed by atoms with van der Waals surface area (Å²) in [7, 11) is 1.54. The molecular weight excluding hydrogens is 327 g/mol. The predicted octanol–water partition coefficient (Wildman–Crippen LogP) is 2.75. The quantitative estimate of drug-likeness (QED) is 0.787. The van der Waals surface area contributed by atoms with Crippen LogP contribution in [0.5, 0.6) is 5.75 Å². The summed E-state index contributed by atoms with van der Waals surface area (Å²) in [5.41, 5.74) is 0. The number of likely N-dealkylation sites (N-methyl/N-ethyl adjacent to an activating group) is 1. The molecule has 22 heavy (non-hydrogen) atoms. The molecular formula is C15H20Cl2N2O3. The number of nitrogens with zero attached hydrogens (tertiary/aromatic N) is 1. The van der Waals surface area contributed by atoms with Crippen LogP contribution in [0.15, 0.2) is 18.2 Å². The number of nitrogens with one attached hydrogen (secondary N) is 1. The Morgan fingerprint density at radius 3 is 2.68 bits per heavy atom. The van der Waals surface area contributed by atoms with E-state index in [0.717, 1.165) is 6.42 Å². The Morgan fingerprint density at radius 1 is 1.32 bits per heavy atom. The highest BCUT2D eigenvalue weighted by Gasteiger charge is 2.16. The maximum absolute atomic E-state index is 12.1. The van der Waals surface area contributed by atoms with Crippen LogP contribution in [0.2, 0.25) is 10.0 Å². The first-order valence-electron chi connectivity index (χ1n) is 7.04. The Bertz CT molecular complexity index is 524. The molecule has 0 spiro atoms. The Kier molecular flexibility index (Phi) is 8.06. The minimum Gasteiger partial charge on any atom is -0.491 e. The second kappa shape index (κ2) is 9.54. The van der Waals surface area contributed by atoms with Gasteiger partial charge in [0.05, 0.1) is 24.6 Å². The molecule has 0 unspecified atom stereocenters. The molecule has 1 rings (SSSR count). The van der Waals surface area contributed by atoms with Crippen molar-refractivity contribution in [1.82, 2.24) is 10.2 Å². The highest BCUT2D eigenvalue weighted by Crippen LogP contribution is 2.31. The van der Waals surface area contributed by atoms with Crippen LogP contribution in [-0.4, -0.2) is 43.5 Å². The molecule has 0 radical (unpaired) electrons. The van der Waals surface area contributed by atoms with Gasteiger partial charge >= 0.3 is 0 Å². The third-order valence-electron chi connectivity index (χ3n) is 2.95. The van der Waals surface area contributed by atoms with Crippen LogP contribution >= 0.6 is 23.2 Å². The van der Waals surface area contributed by atoms with Crippen LogP contribution < -0.4 is 10.1 Å². The molecule has 0 saturated carbocycles. The van der Waals surface area contributed by atoms with Gasteiger partial charge in [0, 0.05) is 13.6 Å². The van der Waals surface area contributed by atoms with Gasteiger partial charge in [0.2, 0.25) is 11.8 Å². The molecule has 0 heterocycles. The lowest BCUT2D eigenvalue weighted by molar-refractivity contribution is -0.136. The first-order chi connectivity index (χ1) is 10.5. The zero-order valence-electron chi connectivity index (χ0n) is 12.7. The number of halogens is 2. The molecule has 7 heteroatoms. The van der Waals surface area contributed by atoms with Gasteiger partial charge in [-0.2, -0.15) is 0 Å². The molecule has 0 aromatic heterocycles. The fraction of sp³-hybridized carbons (Fsp3) is 0.467. The molecule has 0 aliphatic rings. The predicted molar refractivity (Wildman–Crippen MR) is 87.5 cm³/mol. The van der Waals surface area contributed by atoms with E-state index in [2.05, 4.69) is 5.32 Å². The Balaban J connectivity index is 2.52. The van der Waals surface area contributed by atoms with Gasteiger partial charge in [0.1, 0.15) is 10.8 Å². The lowest BCUT2D eigenvalue weighted by Crippen LogP contribution is -2.40. The van der Waals surface area contributed by atoms with Crippen molar-refractivity contribution in [3.8, 4) is 5.75 Å². The van der Waals surface area contributed by atoms with Crippen LogP contribution in [-0.2, 0) is 9.59 Å². The van der Waals surface area contributed by atoms with Gasteiger partial charge in [-0.25, -0.2) is 0 Å². The number of rotatable bonds is 8. The molecule has 0 aliphatic heterocycles. The summed E-state index contributed by atoms with van der Waals surface area (Å²) < 4.78 is 5.48. The topological polar surface area (TPSA) is 58.6 Å². The lowest BCUT2D eigenvalue weighted by atomic mass is 10.3. The van der Waals surface area contributed by atoms with Crippen LogP contribution in [0.1, 0.15) is 19.8 Å². The molecule has 1 N–H and O–H groups in total. The van der Waals surface area contributed by atoms with Crippen LogP contribution in [0, 0.1) is 0 Å². The molecule has 2 amide bonds. The first-order valence-corrected chi connectivity index (χ1v) is 7.80. The van der Waals surface area contributed by atoms with Crippen molar-refractivity contribution < 1.29 is 14.3 Å². The minimum absolute atomic E-state index is 0.0566. The SMILES string of the molecule is CCCN(CC(=O)NC)C(=O)CCOc1cccc(Cl)c1Cl. The maximum Gasteiger partial charge on any atom is 0.239 e. The average Bonchev–Trinajstić information content (AvgIpc) is 2.50. The molecule has 0 atom stereocenters. The van der Waals surface area contributed by atoms with Gasteiger partial charge < -0.3 is 15.0 Å². The summed E-state index contributed by atoms with van der Waals surface area (Å²) in [5.74, 6) is 0.111. The fourth-order valence-electron chi connectivity index (χ4n) is 1.82. The van der Waals surface area contributed by atoms with Crippen molar-refractivity contribution >= 4 is 35.0 Å². The normalized spacial score (nSPS) is 10.2. The van der Waals surface area contributed by atoms with Crippen molar-refractivity contribution in [1.29, 1.82) is 0 Å². The third kappa shape index (κ3) is 5.73. The Hall–Kier alpha value is -1.46. The molecule has 0 aliphatic carbocycles. The number of hydrogen-bond donors (Lipinski definition) is 1. The smallest absolute Gasteiger partial charge is 0.239 e. The third-order valence-corrected chi connectivity index (χ3v) is 3.75. The van der Waals surface area contributed by atoms with Gasteiger partial charge in [-0.15, -0.1) is 0 Å². The van der Waals surface area contributed by atoms with E-state index in [1.54, 1.807) is 25.2 Å². The molecule has 1 aromatic carbocycles. The Labute approximate surface area is 140 Å². The van der Waals surface area contributed by atoms with Crippen LogP contribution in [0.3, 0.4) is 0 Å². The van der Waals surface area contributed by atoms with Crippen molar-refractivity contribution in [2.75, 3.05) is 26.7 Å². The number of ether oxygens (including phenoxy) is 1. The van der Waals surface area contributed by atoms with Gasteiger partial charge in [-0.1, -0.05) is 36.2 Å². The summed E-state index contributed by atoms with van der Waals surface area (Å²) in [6, 6.07) is 5.07. The van der Waals surface area contributed by atoms with Gasteiger partial charge in [-0.05, 0) is 18.6 Å². The molecule has 5 nitrogen and oxygen atoms in total. The number of hydrogen-bond acceptors (Lipinski definition) is 3. The monoisotopic (exact) mass is 346 g/mol. The number of benzene rings is 1. The largest absolute Gasteiger partial charge is 0.491 e. The highest BCUT2D eigenvalue weighted by atomic mass is 35.5. The lowest BCUT2D eigenvalue weighted by Gasteiger charge is -2.21. The zero-order chi connectivity index (χ0) is 16.5. The van der Waals surface area contributed by atoms with Gasteiger partial charge in [-0.3, -0.25) is 9.59 Å². The van der Waals surface area contributed by atoms with Crippen molar-refractivity contribution in [2.24, 2.45) is 0 Å². The summed E-state index contributed by atoms with van der Waals surface area (Å²) in [6.07, 6.45) is 0.948. The van der Waals surface area contributed by atoms with E-state index in [0.29, 0.717) is 22.3 Å².